The van der Waals surface area contributed by atoms with Crippen molar-refractivity contribution in [2.45, 2.75) is 13.1 Å². The first-order valence-electron chi connectivity index (χ1n) is 8.28. The normalized spacial score (nSPS) is 11.4. The summed E-state index contributed by atoms with van der Waals surface area (Å²) in [5, 5.41) is 4.63. The summed E-state index contributed by atoms with van der Waals surface area (Å²) in [7, 11) is 1.45. The maximum Gasteiger partial charge on any atom is 0.416 e. The fraction of sp³-hybridized carbons (Fsp3) is 0.158. The number of benzene rings is 2. The van der Waals surface area contributed by atoms with E-state index in [1.54, 1.807) is 24.3 Å². The molecule has 152 valence electrons. The van der Waals surface area contributed by atoms with Crippen molar-refractivity contribution in [2.75, 3.05) is 17.4 Å². The van der Waals surface area contributed by atoms with Gasteiger partial charge in [0.1, 0.15) is 4.88 Å². The molecule has 0 atom stereocenters. The van der Waals surface area contributed by atoms with Gasteiger partial charge in [-0.05, 0) is 24.3 Å². The van der Waals surface area contributed by atoms with Gasteiger partial charge in [0.2, 0.25) is 5.91 Å². The average molecular weight is 442 g/mol. The molecule has 0 bridgehead atoms. The van der Waals surface area contributed by atoms with Gasteiger partial charge in [-0.2, -0.15) is 13.2 Å². The summed E-state index contributed by atoms with van der Waals surface area (Å²) in [6.07, 6.45) is -4.60. The molecule has 2 aromatic carbocycles. The highest BCUT2D eigenvalue weighted by Crippen LogP contribution is 2.38. The van der Waals surface area contributed by atoms with Gasteiger partial charge in [-0.15, -0.1) is 11.3 Å². The maximum atomic E-state index is 13.2. The second-order valence-corrected chi connectivity index (χ2v) is 7.58. The van der Waals surface area contributed by atoms with E-state index < -0.39 is 23.6 Å². The number of alkyl halides is 3. The zero-order valence-corrected chi connectivity index (χ0v) is 16.8. The summed E-state index contributed by atoms with van der Waals surface area (Å²) in [5.41, 5.74) is 1.57. The first-order valence-corrected chi connectivity index (χ1v) is 9.48. The molecule has 0 saturated carbocycles. The minimum absolute atomic E-state index is 0.116. The standard InChI is InChI=1S/C19H15ClF3N3O2S/c1-10(27)25-26(2)14-8-7-11(19(21,22)23)9-13(14)24-18(28)17-16(20)12-5-3-4-6-15(12)29-17/h3-9H,1-2H3,(H,24,28)(H,25,27). The van der Waals surface area contributed by atoms with Gasteiger partial charge in [0.15, 0.2) is 0 Å². The topological polar surface area (TPSA) is 61.4 Å². The lowest BCUT2D eigenvalue weighted by Gasteiger charge is -2.23. The Morgan fingerprint density at radius 3 is 2.45 bits per heavy atom. The number of anilines is 2. The van der Waals surface area contributed by atoms with Gasteiger partial charge in [0.25, 0.3) is 5.91 Å². The third-order valence-corrected chi connectivity index (χ3v) is 5.67. The van der Waals surface area contributed by atoms with Crippen LogP contribution >= 0.6 is 22.9 Å². The van der Waals surface area contributed by atoms with E-state index in [0.717, 1.165) is 28.2 Å². The van der Waals surface area contributed by atoms with Crippen molar-refractivity contribution in [3.05, 3.63) is 57.9 Å². The van der Waals surface area contributed by atoms with E-state index in [4.69, 9.17) is 11.6 Å². The number of thiophene rings is 1. The molecule has 1 aromatic heterocycles. The van der Waals surface area contributed by atoms with Crippen molar-refractivity contribution in [2.24, 2.45) is 0 Å². The molecular formula is C19H15ClF3N3O2S. The fourth-order valence-corrected chi connectivity index (χ4v) is 4.15. The molecule has 5 nitrogen and oxygen atoms in total. The zero-order valence-electron chi connectivity index (χ0n) is 15.2. The average Bonchev–Trinajstić information content (AvgIpc) is 2.97. The summed E-state index contributed by atoms with van der Waals surface area (Å²) < 4.78 is 40.3. The molecule has 3 aromatic rings. The predicted molar refractivity (Wildman–Crippen MR) is 108 cm³/mol. The number of nitrogens with zero attached hydrogens (tertiary/aromatic N) is 1. The van der Waals surface area contributed by atoms with E-state index in [-0.39, 0.29) is 21.3 Å². The highest BCUT2D eigenvalue weighted by molar-refractivity contribution is 7.21. The number of nitrogens with one attached hydrogen (secondary N) is 2. The van der Waals surface area contributed by atoms with Gasteiger partial charge in [0.05, 0.1) is 22.0 Å². The lowest BCUT2D eigenvalue weighted by Crippen LogP contribution is -2.38. The Labute approximate surface area is 173 Å². The quantitative estimate of drug-likeness (QED) is 0.539. The molecule has 0 unspecified atom stereocenters. The second kappa shape index (κ2) is 7.92. The van der Waals surface area contributed by atoms with Gasteiger partial charge in [-0.3, -0.25) is 20.0 Å². The number of rotatable bonds is 4. The van der Waals surface area contributed by atoms with Crippen molar-refractivity contribution < 1.29 is 22.8 Å². The molecule has 2 N–H and O–H groups in total. The van der Waals surface area contributed by atoms with E-state index in [1.165, 1.54) is 25.0 Å². The third kappa shape index (κ3) is 4.46. The van der Waals surface area contributed by atoms with Crippen LogP contribution in [-0.2, 0) is 11.0 Å². The van der Waals surface area contributed by atoms with Crippen LogP contribution in [0.1, 0.15) is 22.2 Å². The summed E-state index contributed by atoms with van der Waals surface area (Å²) in [6.45, 7) is 1.26. The largest absolute Gasteiger partial charge is 0.416 e. The lowest BCUT2D eigenvalue weighted by molar-refractivity contribution is -0.137. The molecule has 1 heterocycles. The SMILES string of the molecule is CC(=O)NN(C)c1ccc(C(F)(F)F)cc1NC(=O)c1sc2ccccc2c1Cl. The summed E-state index contributed by atoms with van der Waals surface area (Å²) in [6, 6.07) is 9.97. The van der Waals surface area contributed by atoms with Crippen LogP contribution in [0.25, 0.3) is 10.1 Å². The van der Waals surface area contributed by atoms with Gasteiger partial charge in [-0.25, -0.2) is 0 Å². The van der Waals surface area contributed by atoms with Crippen molar-refractivity contribution in [1.29, 1.82) is 0 Å². The number of carbonyl (C=O) groups is 2. The van der Waals surface area contributed by atoms with Crippen LogP contribution in [0.15, 0.2) is 42.5 Å². The van der Waals surface area contributed by atoms with Crippen LogP contribution in [0.5, 0.6) is 0 Å². The maximum absolute atomic E-state index is 13.2. The van der Waals surface area contributed by atoms with E-state index in [9.17, 15) is 22.8 Å². The fourth-order valence-electron chi connectivity index (χ4n) is 2.74. The van der Waals surface area contributed by atoms with Crippen molar-refractivity contribution in [3.8, 4) is 0 Å². The van der Waals surface area contributed by atoms with Crippen LogP contribution in [0, 0.1) is 0 Å². The number of fused-ring (bicyclic) bond motifs is 1. The minimum Gasteiger partial charge on any atom is -0.319 e. The van der Waals surface area contributed by atoms with Gasteiger partial charge in [-0.1, -0.05) is 29.8 Å². The Morgan fingerprint density at radius 2 is 1.83 bits per heavy atom. The number of carbonyl (C=O) groups excluding carboxylic acids is 2. The van der Waals surface area contributed by atoms with Crippen LogP contribution in [0.2, 0.25) is 5.02 Å². The zero-order chi connectivity index (χ0) is 21.3. The smallest absolute Gasteiger partial charge is 0.319 e. The molecule has 0 saturated heterocycles. The molecule has 0 aliphatic heterocycles. The molecule has 0 spiro atoms. The molecular weight excluding hydrogens is 427 g/mol. The molecule has 3 rings (SSSR count). The predicted octanol–water partition coefficient (Wildman–Crippen LogP) is 5.31. The Bertz CT molecular complexity index is 1100. The Hall–Kier alpha value is -2.78. The summed E-state index contributed by atoms with van der Waals surface area (Å²) in [4.78, 5) is 24.3. The van der Waals surface area contributed by atoms with Crippen molar-refractivity contribution in [3.63, 3.8) is 0 Å². The van der Waals surface area contributed by atoms with E-state index >= 15 is 0 Å². The van der Waals surface area contributed by atoms with Crippen LogP contribution in [0.3, 0.4) is 0 Å². The van der Waals surface area contributed by atoms with E-state index in [2.05, 4.69) is 10.7 Å². The van der Waals surface area contributed by atoms with Gasteiger partial charge in [0, 0.05) is 24.1 Å². The number of hydrogen-bond acceptors (Lipinski definition) is 4. The summed E-state index contributed by atoms with van der Waals surface area (Å²) in [5.74, 6) is -1.06. The molecule has 0 aliphatic rings. The second-order valence-electron chi connectivity index (χ2n) is 6.15. The van der Waals surface area contributed by atoms with Crippen molar-refractivity contribution >= 4 is 56.2 Å². The molecule has 0 fully saturated rings. The van der Waals surface area contributed by atoms with Gasteiger partial charge >= 0.3 is 6.18 Å². The highest BCUT2D eigenvalue weighted by Gasteiger charge is 2.32. The first kappa shape index (κ1) is 20.9. The number of hydrazine groups is 1. The van der Waals surface area contributed by atoms with Crippen LogP contribution in [0.4, 0.5) is 24.5 Å². The van der Waals surface area contributed by atoms with Crippen LogP contribution < -0.4 is 15.8 Å². The molecule has 0 aliphatic carbocycles. The van der Waals surface area contributed by atoms with Gasteiger partial charge < -0.3 is 5.32 Å². The minimum atomic E-state index is -4.60. The highest BCUT2D eigenvalue weighted by atomic mass is 35.5. The summed E-state index contributed by atoms with van der Waals surface area (Å²) >= 11 is 7.43. The number of amides is 2. The Kier molecular flexibility index (Phi) is 5.72. The lowest BCUT2D eigenvalue weighted by atomic mass is 10.1. The molecule has 0 radical (unpaired) electrons. The number of hydrogen-bond donors (Lipinski definition) is 2. The first-order chi connectivity index (χ1) is 13.6. The molecule has 29 heavy (non-hydrogen) atoms. The molecule has 10 heteroatoms. The van der Waals surface area contributed by atoms with E-state index in [0.29, 0.717) is 5.39 Å². The molecule has 2 amide bonds. The monoisotopic (exact) mass is 441 g/mol. The third-order valence-electron chi connectivity index (χ3n) is 4.00. The van der Waals surface area contributed by atoms with Crippen LogP contribution in [-0.4, -0.2) is 18.9 Å². The Morgan fingerprint density at radius 1 is 1.14 bits per heavy atom. The Balaban J connectivity index is 2.01. The van der Waals surface area contributed by atoms with Crippen molar-refractivity contribution in [1.82, 2.24) is 5.43 Å². The number of halogens is 4. The van der Waals surface area contributed by atoms with E-state index in [1.807, 2.05) is 0 Å².